The molecular weight excluding hydrogens is 286 g/mol. The van der Waals surface area contributed by atoms with Crippen LogP contribution in [-0.2, 0) is 24.1 Å². The van der Waals surface area contributed by atoms with Crippen molar-refractivity contribution in [3.63, 3.8) is 0 Å². The molecule has 112 valence electrons. The standard InChI is InChI=1S/C11H23NO5SSi/c1-5-8-11(15-2)10(12-18(13)14)7-6-9-19(11,16-3)17-4/h10H,5-9H2,1-4H3. The Morgan fingerprint density at radius 2 is 1.95 bits per heavy atom. The number of methoxy groups -OCH3 is 1. The Morgan fingerprint density at radius 1 is 1.32 bits per heavy atom. The molecule has 0 aromatic heterocycles. The molecule has 2 unspecified atom stereocenters. The van der Waals surface area contributed by atoms with E-state index in [1.807, 2.05) is 6.92 Å². The normalized spacial score (nSPS) is 30.0. The van der Waals surface area contributed by atoms with Gasteiger partial charge in [-0.15, -0.1) is 0 Å². The van der Waals surface area contributed by atoms with Gasteiger partial charge in [-0.1, -0.05) is 13.3 Å². The number of nitrogens with zero attached hydrogens (tertiary/aromatic N) is 1. The molecule has 2 atom stereocenters. The first-order valence-electron chi connectivity index (χ1n) is 6.47. The average molecular weight is 309 g/mol. The van der Waals surface area contributed by atoms with Gasteiger partial charge in [0.1, 0.15) is 5.22 Å². The fourth-order valence-corrected chi connectivity index (χ4v) is 7.82. The second-order valence-corrected chi connectivity index (χ2v) is 9.05. The SMILES string of the molecule is CCCC1(OC)C(N=S(=O)=O)CCC[Si]1(OC)OC. The summed E-state index contributed by atoms with van der Waals surface area (Å²) < 4.78 is 43.0. The van der Waals surface area contributed by atoms with Crippen molar-refractivity contribution >= 4 is 19.1 Å². The van der Waals surface area contributed by atoms with Crippen LogP contribution in [0.2, 0.25) is 6.04 Å². The maximum atomic E-state index is 11.0. The van der Waals surface area contributed by atoms with Gasteiger partial charge < -0.3 is 13.6 Å². The fourth-order valence-electron chi connectivity index (χ4n) is 3.22. The first-order valence-corrected chi connectivity index (χ1v) is 9.53. The third kappa shape index (κ3) is 2.92. The second kappa shape index (κ2) is 6.94. The van der Waals surface area contributed by atoms with Crippen LogP contribution in [0, 0.1) is 0 Å². The van der Waals surface area contributed by atoms with E-state index in [-0.39, 0.29) is 0 Å². The van der Waals surface area contributed by atoms with Crippen molar-refractivity contribution in [2.24, 2.45) is 4.36 Å². The molecule has 0 N–H and O–H groups in total. The van der Waals surface area contributed by atoms with Crippen molar-refractivity contribution in [1.82, 2.24) is 0 Å². The zero-order valence-corrected chi connectivity index (χ0v) is 13.8. The van der Waals surface area contributed by atoms with Crippen molar-refractivity contribution in [3.05, 3.63) is 0 Å². The number of hydrogen-bond acceptors (Lipinski definition) is 6. The second-order valence-electron chi connectivity index (χ2n) is 4.74. The van der Waals surface area contributed by atoms with Crippen LogP contribution < -0.4 is 0 Å². The zero-order valence-electron chi connectivity index (χ0n) is 12.0. The molecule has 6 nitrogen and oxygen atoms in total. The quantitative estimate of drug-likeness (QED) is 0.698. The van der Waals surface area contributed by atoms with Crippen molar-refractivity contribution in [3.8, 4) is 0 Å². The van der Waals surface area contributed by atoms with E-state index >= 15 is 0 Å². The molecule has 1 heterocycles. The summed E-state index contributed by atoms with van der Waals surface area (Å²) in [6.07, 6.45) is 3.06. The maximum absolute atomic E-state index is 11.0. The van der Waals surface area contributed by atoms with Gasteiger partial charge >= 0.3 is 19.1 Å². The minimum atomic E-state index is -2.65. The van der Waals surface area contributed by atoms with E-state index in [4.69, 9.17) is 13.6 Å². The Balaban J connectivity index is 3.35. The van der Waals surface area contributed by atoms with Gasteiger partial charge in [-0.3, -0.25) is 0 Å². The number of ether oxygens (including phenoxy) is 1. The monoisotopic (exact) mass is 309 g/mol. The van der Waals surface area contributed by atoms with Gasteiger partial charge in [0.05, 0.1) is 6.04 Å². The van der Waals surface area contributed by atoms with E-state index in [2.05, 4.69) is 4.36 Å². The van der Waals surface area contributed by atoms with E-state index in [1.165, 1.54) is 0 Å². The molecule has 0 aromatic rings. The van der Waals surface area contributed by atoms with Gasteiger partial charge in [0.2, 0.25) is 0 Å². The Kier molecular flexibility index (Phi) is 6.12. The molecule has 0 amide bonds. The summed E-state index contributed by atoms with van der Waals surface area (Å²) in [5, 5.41) is -0.733. The molecule has 0 spiro atoms. The molecule has 0 bridgehead atoms. The Morgan fingerprint density at radius 3 is 2.37 bits per heavy atom. The molecule has 0 aromatic carbocycles. The lowest BCUT2D eigenvalue weighted by atomic mass is 10.0. The number of hydrogen-bond donors (Lipinski definition) is 0. The van der Waals surface area contributed by atoms with Crippen LogP contribution in [0.5, 0.6) is 0 Å². The predicted octanol–water partition coefficient (Wildman–Crippen LogP) is 1.67. The van der Waals surface area contributed by atoms with E-state index in [1.54, 1.807) is 21.3 Å². The van der Waals surface area contributed by atoms with E-state index in [9.17, 15) is 8.42 Å². The minimum absolute atomic E-state index is 0.420. The summed E-state index contributed by atoms with van der Waals surface area (Å²) in [6, 6.07) is 0.377. The van der Waals surface area contributed by atoms with Crippen LogP contribution in [0.3, 0.4) is 0 Å². The summed E-state index contributed by atoms with van der Waals surface area (Å²) in [5.41, 5.74) is 0. The van der Waals surface area contributed by atoms with Crippen LogP contribution in [0.25, 0.3) is 0 Å². The smallest absolute Gasteiger partial charge is 0.373 e. The first kappa shape index (κ1) is 16.8. The summed E-state index contributed by atoms with van der Waals surface area (Å²) in [5.74, 6) is 0. The van der Waals surface area contributed by atoms with Crippen LogP contribution in [-0.4, -0.2) is 49.6 Å². The van der Waals surface area contributed by atoms with Gasteiger partial charge in [0, 0.05) is 21.3 Å². The molecule has 0 radical (unpaired) electrons. The van der Waals surface area contributed by atoms with Gasteiger partial charge in [0.15, 0.2) is 0 Å². The molecular formula is C11H23NO5SSi. The minimum Gasteiger partial charge on any atom is -0.396 e. The van der Waals surface area contributed by atoms with Crippen molar-refractivity contribution < 1.29 is 22.0 Å². The first-order chi connectivity index (χ1) is 9.01. The van der Waals surface area contributed by atoms with Crippen molar-refractivity contribution in [2.45, 2.75) is 49.9 Å². The van der Waals surface area contributed by atoms with Gasteiger partial charge in [-0.25, -0.2) is 0 Å². The highest BCUT2D eigenvalue weighted by atomic mass is 32.2. The summed E-state index contributed by atoms with van der Waals surface area (Å²) in [7, 11) is -0.261. The zero-order chi connectivity index (χ0) is 14.5. The topological polar surface area (TPSA) is 74.2 Å². The largest absolute Gasteiger partial charge is 0.396 e. The van der Waals surface area contributed by atoms with Crippen LogP contribution in [0.15, 0.2) is 4.36 Å². The predicted molar refractivity (Wildman–Crippen MR) is 73.6 cm³/mol. The summed E-state index contributed by atoms with van der Waals surface area (Å²) in [4.78, 5) is 0. The molecule has 0 saturated carbocycles. The van der Waals surface area contributed by atoms with Crippen LogP contribution in [0.1, 0.15) is 32.6 Å². The summed E-state index contributed by atoms with van der Waals surface area (Å²) in [6.45, 7) is 2.03. The molecule has 0 aliphatic carbocycles. The molecule has 1 aliphatic heterocycles. The van der Waals surface area contributed by atoms with Gasteiger partial charge in [-0.05, 0) is 25.3 Å². The molecule has 1 aliphatic rings. The third-order valence-corrected chi connectivity index (χ3v) is 8.86. The lowest BCUT2D eigenvalue weighted by Gasteiger charge is -2.50. The van der Waals surface area contributed by atoms with Gasteiger partial charge in [0.25, 0.3) is 0 Å². The van der Waals surface area contributed by atoms with Gasteiger partial charge in [-0.2, -0.15) is 12.8 Å². The number of rotatable bonds is 6. The molecule has 1 rings (SSSR count). The van der Waals surface area contributed by atoms with Crippen LogP contribution in [0.4, 0.5) is 0 Å². The Labute approximate surface area is 117 Å². The van der Waals surface area contributed by atoms with E-state index in [0.717, 1.165) is 18.9 Å². The highest BCUT2D eigenvalue weighted by Crippen LogP contribution is 2.44. The average Bonchev–Trinajstić information content (AvgIpc) is 2.40. The molecule has 8 heteroatoms. The highest BCUT2D eigenvalue weighted by Gasteiger charge is 2.63. The maximum Gasteiger partial charge on any atom is 0.373 e. The molecule has 19 heavy (non-hydrogen) atoms. The lowest BCUT2D eigenvalue weighted by molar-refractivity contribution is -0.0268. The Bertz CT molecular complexity index is 415. The fraction of sp³-hybridized carbons (Fsp3) is 1.00. The third-order valence-electron chi connectivity index (χ3n) is 4.02. The van der Waals surface area contributed by atoms with E-state index < -0.39 is 30.3 Å². The van der Waals surface area contributed by atoms with Crippen molar-refractivity contribution in [1.29, 1.82) is 0 Å². The summed E-state index contributed by atoms with van der Waals surface area (Å²) >= 11 is 0. The molecule has 1 fully saturated rings. The van der Waals surface area contributed by atoms with Crippen molar-refractivity contribution in [2.75, 3.05) is 21.3 Å². The molecule has 1 saturated heterocycles. The van der Waals surface area contributed by atoms with Crippen LogP contribution >= 0.6 is 0 Å². The van der Waals surface area contributed by atoms with E-state index in [0.29, 0.717) is 12.8 Å². The Hall–Kier alpha value is -0.283. The highest BCUT2D eigenvalue weighted by molar-refractivity contribution is 7.61. The lowest BCUT2D eigenvalue weighted by Crippen LogP contribution is -2.70.